The molecule has 1 fully saturated rings. The van der Waals surface area contributed by atoms with Gasteiger partial charge in [0.05, 0.1) is 12.0 Å². The van der Waals surface area contributed by atoms with Crippen LogP contribution in [0.5, 0.6) is 0 Å². The standard InChI is InChI=1S/C18H26N2O5S/c1-4-13(2)16(18(22)25-3)19-17(21)14-7-9-15(10-8-14)26(23,24)20-11-5-6-12-20/h7-10,13,16H,4-6,11-12H2,1-3H3,(H,19,21). The van der Waals surface area contributed by atoms with Crippen LogP contribution in [0.2, 0.25) is 0 Å². The highest BCUT2D eigenvalue weighted by Gasteiger charge is 2.29. The molecular formula is C18H26N2O5S. The van der Waals surface area contributed by atoms with Crippen molar-refractivity contribution in [2.45, 2.75) is 44.0 Å². The molecule has 1 N–H and O–H groups in total. The summed E-state index contributed by atoms with van der Waals surface area (Å²) in [5.74, 6) is -1.02. The summed E-state index contributed by atoms with van der Waals surface area (Å²) in [6.07, 6.45) is 2.43. The maximum Gasteiger partial charge on any atom is 0.328 e. The number of ether oxygens (including phenoxy) is 1. The molecule has 0 spiro atoms. The zero-order valence-corrected chi connectivity index (χ0v) is 16.2. The van der Waals surface area contributed by atoms with Crippen molar-refractivity contribution in [3.05, 3.63) is 29.8 Å². The number of rotatable bonds is 7. The Balaban J connectivity index is 2.14. The Hall–Kier alpha value is -1.93. The Morgan fingerprint density at radius 1 is 1.19 bits per heavy atom. The summed E-state index contributed by atoms with van der Waals surface area (Å²) in [6, 6.07) is 5.04. The molecule has 26 heavy (non-hydrogen) atoms. The first-order chi connectivity index (χ1) is 12.3. The minimum atomic E-state index is -3.51. The van der Waals surface area contributed by atoms with Gasteiger partial charge in [-0.05, 0) is 43.0 Å². The van der Waals surface area contributed by atoms with Gasteiger partial charge in [0.15, 0.2) is 0 Å². The number of carbonyl (C=O) groups excluding carboxylic acids is 2. The molecule has 0 radical (unpaired) electrons. The minimum absolute atomic E-state index is 0.0822. The molecule has 1 heterocycles. The molecule has 2 atom stereocenters. The fourth-order valence-corrected chi connectivity index (χ4v) is 4.39. The maximum absolute atomic E-state index is 12.5. The van der Waals surface area contributed by atoms with Crippen LogP contribution in [0.15, 0.2) is 29.2 Å². The number of nitrogens with zero attached hydrogens (tertiary/aromatic N) is 1. The highest BCUT2D eigenvalue weighted by atomic mass is 32.2. The normalized spacial score (nSPS) is 17.5. The van der Waals surface area contributed by atoms with E-state index in [2.05, 4.69) is 5.32 Å². The van der Waals surface area contributed by atoms with Gasteiger partial charge in [-0.2, -0.15) is 4.31 Å². The summed E-state index contributed by atoms with van der Waals surface area (Å²) < 4.78 is 31.2. The van der Waals surface area contributed by atoms with E-state index in [1.807, 2.05) is 13.8 Å². The number of amides is 1. The SMILES string of the molecule is CCC(C)C(NC(=O)c1ccc(S(=O)(=O)N2CCCC2)cc1)C(=O)OC. The molecular weight excluding hydrogens is 356 g/mol. The van der Waals surface area contributed by atoms with Gasteiger partial charge in [0.25, 0.3) is 5.91 Å². The Labute approximate surface area is 154 Å². The first-order valence-electron chi connectivity index (χ1n) is 8.80. The Kier molecular flexibility index (Phi) is 6.77. The molecule has 0 bridgehead atoms. The van der Waals surface area contributed by atoms with Gasteiger partial charge in [0.2, 0.25) is 10.0 Å². The zero-order valence-electron chi connectivity index (χ0n) is 15.4. The van der Waals surface area contributed by atoms with Gasteiger partial charge < -0.3 is 10.1 Å². The average Bonchev–Trinajstić information content (AvgIpc) is 3.20. The van der Waals surface area contributed by atoms with Gasteiger partial charge >= 0.3 is 5.97 Å². The fourth-order valence-electron chi connectivity index (χ4n) is 2.88. The third kappa shape index (κ3) is 4.42. The second kappa shape index (κ2) is 8.64. The number of hydrogen-bond donors (Lipinski definition) is 1. The molecule has 1 aromatic carbocycles. The van der Waals surface area contributed by atoms with E-state index >= 15 is 0 Å². The van der Waals surface area contributed by atoms with Crippen molar-refractivity contribution in [3.63, 3.8) is 0 Å². The van der Waals surface area contributed by atoms with Crippen LogP contribution in [-0.4, -0.2) is 50.8 Å². The number of carbonyl (C=O) groups is 2. The topological polar surface area (TPSA) is 92.8 Å². The molecule has 7 nitrogen and oxygen atoms in total. The van der Waals surface area contributed by atoms with Crippen molar-refractivity contribution in [1.82, 2.24) is 9.62 Å². The Morgan fingerprint density at radius 2 is 1.77 bits per heavy atom. The lowest BCUT2D eigenvalue weighted by atomic mass is 9.99. The van der Waals surface area contributed by atoms with Crippen LogP contribution < -0.4 is 5.32 Å². The quantitative estimate of drug-likeness (QED) is 0.726. The molecule has 1 aromatic rings. The second-order valence-electron chi connectivity index (χ2n) is 6.50. The molecule has 0 saturated carbocycles. The molecule has 2 rings (SSSR count). The molecule has 8 heteroatoms. The van der Waals surface area contributed by atoms with Crippen molar-refractivity contribution >= 4 is 21.9 Å². The molecule has 1 saturated heterocycles. The lowest BCUT2D eigenvalue weighted by molar-refractivity contribution is -0.144. The number of hydrogen-bond acceptors (Lipinski definition) is 5. The number of esters is 1. The first kappa shape index (κ1) is 20.4. The number of benzene rings is 1. The van der Waals surface area contributed by atoms with E-state index in [9.17, 15) is 18.0 Å². The Bertz CT molecular complexity index is 739. The molecule has 1 aliphatic heterocycles. The van der Waals surface area contributed by atoms with Gasteiger partial charge in [-0.3, -0.25) is 4.79 Å². The van der Waals surface area contributed by atoms with Crippen LogP contribution in [0, 0.1) is 5.92 Å². The lowest BCUT2D eigenvalue weighted by Crippen LogP contribution is -2.45. The summed E-state index contributed by atoms with van der Waals surface area (Å²) >= 11 is 0. The van der Waals surface area contributed by atoms with E-state index in [4.69, 9.17) is 4.74 Å². The molecule has 2 unspecified atom stereocenters. The van der Waals surface area contributed by atoms with Crippen LogP contribution in [0.1, 0.15) is 43.5 Å². The van der Waals surface area contributed by atoms with Crippen molar-refractivity contribution in [2.24, 2.45) is 5.92 Å². The third-order valence-corrected chi connectivity index (χ3v) is 6.69. The second-order valence-corrected chi connectivity index (χ2v) is 8.43. The molecule has 0 aromatic heterocycles. The van der Waals surface area contributed by atoms with E-state index in [1.165, 1.54) is 35.7 Å². The van der Waals surface area contributed by atoms with Gasteiger partial charge in [0, 0.05) is 18.7 Å². The predicted molar refractivity (Wildman–Crippen MR) is 97.2 cm³/mol. The van der Waals surface area contributed by atoms with E-state index in [0.29, 0.717) is 25.1 Å². The summed E-state index contributed by atoms with van der Waals surface area (Å²) in [7, 11) is -2.23. The number of nitrogens with one attached hydrogen (secondary N) is 1. The third-order valence-electron chi connectivity index (χ3n) is 4.77. The highest BCUT2D eigenvalue weighted by Crippen LogP contribution is 2.21. The fraction of sp³-hybridized carbons (Fsp3) is 0.556. The molecule has 144 valence electrons. The summed E-state index contributed by atoms with van der Waals surface area (Å²) in [4.78, 5) is 24.5. The van der Waals surface area contributed by atoms with Crippen molar-refractivity contribution in [2.75, 3.05) is 20.2 Å². The maximum atomic E-state index is 12.5. The van der Waals surface area contributed by atoms with Crippen LogP contribution in [0.3, 0.4) is 0 Å². The van der Waals surface area contributed by atoms with E-state index in [0.717, 1.165) is 12.8 Å². The summed E-state index contributed by atoms with van der Waals surface area (Å²) in [6.45, 7) is 4.83. The summed E-state index contributed by atoms with van der Waals surface area (Å²) in [5, 5.41) is 2.67. The number of sulfonamides is 1. The van der Waals surface area contributed by atoms with Gasteiger partial charge in [-0.1, -0.05) is 20.3 Å². The van der Waals surface area contributed by atoms with Crippen LogP contribution in [0.25, 0.3) is 0 Å². The molecule has 0 aliphatic carbocycles. The van der Waals surface area contributed by atoms with Crippen molar-refractivity contribution < 1.29 is 22.7 Å². The molecule has 1 aliphatic rings. The van der Waals surface area contributed by atoms with Crippen molar-refractivity contribution in [3.8, 4) is 0 Å². The monoisotopic (exact) mass is 382 g/mol. The largest absolute Gasteiger partial charge is 0.467 e. The van der Waals surface area contributed by atoms with E-state index in [-0.39, 0.29) is 10.8 Å². The molecule has 1 amide bonds. The van der Waals surface area contributed by atoms with E-state index in [1.54, 1.807) is 0 Å². The van der Waals surface area contributed by atoms with Gasteiger partial charge in [-0.25, -0.2) is 13.2 Å². The smallest absolute Gasteiger partial charge is 0.328 e. The Morgan fingerprint density at radius 3 is 2.27 bits per heavy atom. The van der Waals surface area contributed by atoms with Crippen LogP contribution in [0.4, 0.5) is 0 Å². The average molecular weight is 382 g/mol. The zero-order chi connectivity index (χ0) is 19.3. The van der Waals surface area contributed by atoms with E-state index < -0.39 is 27.9 Å². The predicted octanol–water partition coefficient (Wildman–Crippen LogP) is 1.79. The van der Waals surface area contributed by atoms with Crippen LogP contribution in [-0.2, 0) is 19.6 Å². The van der Waals surface area contributed by atoms with Crippen LogP contribution >= 0.6 is 0 Å². The highest BCUT2D eigenvalue weighted by molar-refractivity contribution is 7.89. The first-order valence-corrected chi connectivity index (χ1v) is 10.2. The van der Waals surface area contributed by atoms with Crippen molar-refractivity contribution in [1.29, 1.82) is 0 Å². The van der Waals surface area contributed by atoms with Gasteiger partial charge in [0.1, 0.15) is 6.04 Å². The lowest BCUT2D eigenvalue weighted by Gasteiger charge is -2.22. The number of methoxy groups -OCH3 is 1. The van der Waals surface area contributed by atoms with Gasteiger partial charge in [-0.15, -0.1) is 0 Å². The summed E-state index contributed by atoms with van der Waals surface area (Å²) in [5.41, 5.74) is 0.294. The minimum Gasteiger partial charge on any atom is -0.467 e.